The zero-order valence-corrected chi connectivity index (χ0v) is 15.7. The number of carbonyl (C=O) groups is 2. The summed E-state index contributed by atoms with van der Waals surface area (Å²) in [4.78, 5) is 24.3. The predicted molar refractivity (Wildman–Crippen MR) is 97.7 cm³/mol. The first-order valence-electron chi connectivity index (χ1n) is 7.54. The molecule has 0 radical (unpaired) electrons. The second-order valence-corrected chi connectivity index (χ2v) is 6.31. The molecule has 1 amide bonds. The smallest absolute Gasteiger partial charge is 0.341 e. The second-order valence-electron chi connectivity index (χ2n) is 5.46. The first-order valence-corrected chi connectivity index (χ1v) is 8.29. The lowest BCUT2D eigenvalue weighted by Crippen LogP contribution is -2.30. The fourth-order valence-corrected chi connectivity index (χ4v) is 2.41. The summed E-state index contributed by atoms with van der Waals surface area (Å²) in [5, 5.41) is 3.23. The number of hydrogen-bond acceptors (Lipinski definition) is 4. The third-order valence-corrected chi connectivity index (χ3v) is 4.19. The van der Waals surface area contributed by atoms with Gasteiger partial charge in [0, 0.05) is 16.1 Å². The maximum Gasteiger partial charge on any atom is 0.341 e. The van der Waals surface area contributed by atoms with Crippen molar-refractivity contribution in [1.29, 1.82) is 0 Å². The molecule has 0 aromatic heterocycles. The minimum absolute atomic E-state index is 0.148. The fourth-order valence-electron chi connectivity index (χ4n) is 2.10. The number of benzene rings is 2. The average molecular weight is 400 g/mol. The highest BCUT2D eigenvalue weighted by molar-refractivity contribution is 6.31. The number of anilines is 1. The summed E-state index contributed by atoms with van der Waals surface area (Å²) >= 11 is 11.7. The van der Waals surface area contributed by atoms with E-state index in [4.69, 9.17) is 32.7 Å². The maximum absolute atomic E-state index is 13.8. The topological polar surface area (TPSA) is 64.6 Å². The largest absolute Gasteiger partial charge is 0.495 e. The highest BCUT2D eigenvalue weighted by atomic mass is 35.5. The minimum Gasteiger partial charge on any atom is -0.495 e. The molecule has 5 nitrogen and oxygen atoms in total. The predicted octanol–water partition coefficient (Wildman–Crippen LogP) is 4.63. The highest BCUT2D eigenvalue weighted by Crippen LogP contribution is 2.31. The minimum atomic E-state index is -1.17. The van der Waals surface area contributed by atoms with Gasteiger partial charge in [-0.3, -0.25) is 4.79 Å². The Morgan fingerprint density at radius 2 is 1.88 bits per heavy atom. The van der Waals surface area contributed by atoms with Crippen LogP contribution in [-0.2, 0) is 9.53 Å². The lowest BCUT2D eigenvalue weighted by molar-refractivity contribution is -0.123. The van der Waals surface area contributed by atoms with Crippen LogP contribution in [0, 0.1) is 12.7 Å². The van der Waals surface area contributed by atoms with Crippen LogP contribution < -0.4 is 10.1 Å². The molecule has 0 saturated carbocycles. The number of hydrogen-bond donors (Lipinski definition) is 1. The van der Waals surface area contributed by atoms with Crippen LogP contribution in [0.4, 0.5) is 10.1 Å². The maximum atomic E-state index is 13.8. The monoisotopic (exact) mass is 399 g/mol. The summed E-state index contributed by atoms with van der Waals surface area (Å²) in [5.41, 5.74) is 0.796. The van der Waals surface area contributed by atoms with E-state index in [2.05, 4.69) is 5.32 Å². The molecule has 138 valence electrons. The number of halogens is 3. The van der Waals surface area contributed by atoms with Crippen LogP contribution >= 0.6 is 23.2 Å². The summed E-state index contributed by atoms with van der Waals surface area (Å²) in [6.07, 6.45) is -1.17. The lowest BCUT2D eigenvalue weighted by atomic mass is 10.2. The van der Waals surface area contributed by atoms with Gasteiger partial charge in [0.1, 0.15) is 11.6 Å². The van der Waals surface area contributed by atoms with Crippen LogP contribution in [-0.4, -0.2) is 25.1 Å². The molecule has 2 aromatic rings. The van der Waals surface area contributed by atoms with Crippen LogP contribution in [0.1, 0.15) is 22.8 Å². The van der Waals surface area contributed by atoms with E-state index in [9.17, 15) is 14.0 Å². The fraction of sp³-hybridized carbons (Fsp3) is 0.222. The summed E-state index contributed by atoms with van der Waals surface area (Å²) in [6.45, 7) is 3.14. The van der Waals surface area contributed by atoms with E-state index in [1.807, 2.05) is 0 Å². The Hall–Kier alpha value is -2.31. The third kappa shape index (κ3) is 4.65. The van der Waals surface area contributed by atoms with Crippen molar-refractivity contribution < 1.29 is 23.5 Å². The number of ether oxygens (including phenoxy) is 2. The molecule has 0 fully saturated rings. The van der Waals surface area contributed by atoms with Crippen LogP contribution in [0.2, 0.25) is 10.0 Å². The van der Waals surface area contributed by atoms with Crippen molar-refractivity contribution in [3.05, 3.63) is 57.3 Å². The lowest BCUT2D eigenvalue weighted by Gasteiger charge is -2.16. The van der Waals surface area contributed by atoms with E-state index in [0.29, 0.717) is 16.5 Å². The Kier molecular flexibility index (Phi) is 6.45. The van der Waals surface area contributed by atoms with Gasteiger partial charge in [-0.2, -0.15) is 0 Å². The average Bonchev–Trinajstić information content (AvgIpc) is 2.57. The first kappa shape index (κ1) is 20.0. The number of rotatable bonds is 5. The van der Waals surface area contributed by atoms with E-state index in [-0.39, 0.29) is 10.6 Å². The molecule has 0 spiro atoms. The number of esters is 1. The van der Waals surface area contributed by atoms with Gasteiger partial charge in [0.2, 0.25) is 0 Å². The Morgan fingerprint density at radius 1 is 1.19 bits per heavy atom. The Bertz CT molecular complexity index is 857. The van der Waals surface area contributed by atoms with Crippen molar-refractivity contribution in [3.8, 4) is 5.75 Å². The van der Waals surface area contributed by atoms with Gasteiger partial charge in [0.25, 0.3) is 5.91 Å². The van der Waals surface area contributed by atoms with Gasteiger partial charge in [-0.1, -0.05) is 23.2 Å². The SMILES string of the molecule is COc1cc(Cl)c(C)cc1NC(=O)[C@H](C)OC(=O)c1ccc(Cl)cc1F. The van der Waals surface area contributed by atoms with Gasteiger partial charge < -0.3 is 14.8 Å². The van der Waals surface area contributed by atoms with Crippen molar-refractivity contribution >= 4 is 40.8 Å². The van der Waals surface area contributed by atoms with Gasteiger partial charge in [0.15, 0.2) is 6.10 Å². The van der Waals surface area contributed by atoms with Gasteiger partial charge >= 0.3 is 5.97 Å². The van der Waals surface area contributed by atoms with E-state index in [1.165, 1.54) is 26.2 Å². The van der Waals surface area contributed by atoms with Crippen molar-refractivity contribution in [3.63, 3.8) is 0 Å². The van der Waals surface area contributed by atoms with Crippen LogP contribution in [0.5, 0.6) is 5.75 Å². The Morgan fingerprint density at radius 3 is 2.50 bits per heavy atom. The number of aryl methyl sites for hydroxylation is 1. The molecule has 2 aromatic carbocycles. The molecule has 0 saturated heterocycles. The molecule has 0 heterocycles. The quantitative estimate of drug-likeness (QED) is 0.744. The highest BCUT2D eigenvalue weighted by Gasteiger charge is 2.22. The van der Waals surface area contributed by atoms with Crippen molar-refractivity contribution in [2.45, 2.75) is 20.0 Å². The normalized spacial score (nSPS) is 11.6. The van der Waals surface area contributed by atoms with Gasteiger partial charge in [-0.05, 0) is 43.7 Å². The molecule has 0 aliphatic carbocycles. The summed E-state index contributed by atoms with van der Waals surface area (Å²) in [7, 11) is 1.43. The van der Waals surface area contributed by atoms with Gasteiger partial charge in [0.05, 0.1) is 18.4 Å². The van der Waals surface area contributed by atoms with Crippen molar-refractivity contribution in [1.82, 2.24) is 0 Å². The van der Waals surface area contributed by atoms with Crippen molar-refractivity contribution in [2.75, 3.05) is 12.4 Å². The molecular weight excluding hydrogens is 384 g/mol. The van der Waals surface area contributed by atoms with Crippen LogP contribution in [0.3, 0.4) is 0 Å². The number of nitrogens with one attached hydrogen (secondary N) is 1. The molecule has 0 unspecified atom stereocenters. The molecule has 0 aliphatic rings. The Labute approximate surface area is 160 Å². The number of methoxy groups -OCH3 is 1. The van der Waals surface area contributed by atoms with E-state index in [1.54, 1.807) is 19.1 Å². The molecule has 26 heavy (non-hydrogen) atoms. The van der Waals surface area contributed by atoms with Gasteiger partial charge in [-0.15, -0.1) is 0 Å². The van der Waals surface area contributed by atoms with E-state index < -0.39 is 23.8 Å². The first-order chi connectivity index (χ1) is 12.2. The molecule has 1 N–H and O–H groups in total. The van der Waals surface area contributed by atoms with Gasteiger partial charge in [-0.25, -0.2) is 9.18 Å². The van der Waals surface area contributed by atoms with E-state index in [0.717, 1.165) is 11.6 Å². The number of amides is 1. The third-order valence-electron chi connectivity index (χ3n) is 3.54. The zero-order valence-electron chi connectivity index (χ0n) is 14.2. The molecule has 0 aliphatic heterocycles. The second kappa shape index (κ2) is 8.38. The Balaban J connectivity index is 2.10. The number of carbonyl (C=O) groups excluding carboxylic acids is 2. The summed E-state index contributed by atoms with van der Waals surface area (Å²) < 4.78 is 24.0. The standard InChI is InChI=1S/C18H16Cl2FNO4/c1-9-6-15(16(25-3)8-13(9)20)22-17(23)10(2)26-18(24)12-5-4-11(19)7-14(12)21/h4-8,10H,1-3H3,(H,22,23)/t10-/m0/s1. The van der Waals surface area contributed by atoms with Crippen LogP contribution in [0.15, 0.2) is 30.3 Å². The molecule has 8 heteroatoms. The summed E-state index contributed by atoms with van der Waals surface area (Å²) in [6, 6.07) is 6.73. The van der Waals surface area contributed by atoms with Crippen LogP contribution in [0.25, 0.3) is 0 Å². The molecule has 0 bridgehead atoms. The van der Waals surface area contributed by atoms with Crippen molar-refractivity contribution in [2.24, 2.45) is 0 Å². The summed E-state index contributed by atoms with van der Waals surface area (Å²) in [5.74, 6) is -2.05. The van der Waals surface area contributed by atoms with E-state index >= 15 is 0 Å². The molecule has 2 rings (SSSR count). The molecule has 1 atom stereocenters. The zero-order chi connectivity index (χ0) is 19.4. The molecular formula is C18H16Cl2FNO4.